The van der Waals surface area contributed by atoms with Gasteiger partial charge in [0, 0.05) is 55.9 Å². The van der Waals surface area contributed by atoms with Crippen molar-refractivity contribution in [3.63, 3.8) is 0 Å². The lowest BCUT2D eigenvalue weighted by molar-refractivity contribution is 0.669. The van der Waals surface area contributed by atoms with E-state index in [0.29, 0.717) is 0 Å². The van der Waals surface area contributed by atoms with Crippen molar-refractivity contribution in [1.29, 1.82) is 0 Å². The molecule has 0 radical (unpaired) electrons. The average molecular weight is 803 g/mol. The normalized spacial score (nSPS) is 11.8. The molecule has 3 nitrogen and oxygen atoms in total. The lowest BCUT2D eigenvalue weighted by Crippen LogP contribution is -2.10. The van der Waals surface area contributed by atoms with E-state index in [2.05, 4.69) is 240 Å². The molecule has 3 heteroatoms. The Morgan fingerprint density at radius 2 is 0.794 bits per heavy atom. The highest BCUT2D eigenvalue weighted by molar-refractivity contribution is 6.29. The quantitative estimate of drug-likeness (QED) is 0.156. The summed E-state index contributed by atoms with van der Waals surface area (Å²) in [5.74, 6) is 0. The molecule has 0 saturated heterocycles. The maximum Gasteiger partial charge on any atom is 0.138 e. The van der Waals surface area contributed by atoms with Crippen molar-refractivity contribution in [3.8, 4) is 27.9 Å². The van der Waals surface area contributed by atoms with Crippen LogP contribution < -0.4 is 4.90 Å². The molecule has 294 valence electrons. The summed E-state index contributed by atoms with van der Waals surface area (Å²) in [7, 11) is 0. The van der Waals surface area contributed by atoms with Gasteiger partial charge in [-0.2, -0.15) is 0 Å². The Hall–Kier alpha value is -8.40. The topological polar surface area (TPSA) is 21.3 Å². The molecule has 13 aromatic rings. The molecule has 13 rings (SSSR count). The number of para-hydroxylation sites is 3. The van der Waals surface area contributed by atoms with Crippen LogP contribution in [0.2, 0.25) is 0 Å². The molecule has 0 spiro atoms. The summed E-state index contributed by atoms with van der Waals surface area (Å²) in [4.78, 5) is 2.33. The van der Waals surface area contributed by atoms with Gasteiger partial charge in [-0.1, -0.05) is 158 Å². The van der Waals surface area contributed by atoms with Crippen molar-refractivity contribution >= 4 is 93.1 Å². The maximum absolute atomic E-state index is 6.79. The highest BCUT2D eigenvalue weighted by Crippen LogP contribution is 2.48. The highest BCUT2D eigenvalue weighted by atomic mass is 16.3. The minimum Gasteiger partial charge on any atom is -0.456 e. The van der Waals surface area contributed by atoms with E-state index in [0.717, 1.165) is 55.7 Å². The largest absolute Gasteiger partial charge is 0.456 e. The number of fused-ring (bicyclic) bond motifs is 12. The van der Waals surface area contributed by atoms with Crippen molar-refractivity contribution in [2.45, 2.75) is 0 Å². The zero-order chi connectivity index (χ0) is 41.4. The van der Waals surface area contributed by atoms with Gasteiger partial charge in [0.05, 0.1) is 11.0 Å². The van der Waals surface area contributed by atoms with Crippen LogP contribution in [-0.2, 0) is 0 Å². The van der Waals surface area contributed by atoms with Crippen LogP contribution in [0.1, 0.15) is 0 Å². The molecule has 0 aliphatic heterocycles. The molecule has 11 aromatic carbocycles. The van der Waals surface area contributed by atoms with Gasteiger partial charge in [-0.15, -0.1) is 0 Å². The smallest absolute Gasteiger partial charge is 0.138 e. The van der Waals surface area contributed by atoms with Crippen molar-refractivity contribution in [2.75, 3.05) is 4.90 Å². The van der Waals surface area contributed by atoms with Gasteiger partial charge in [0.1, 0.15) is 11.2 Å². The summed E-state index contributed by atoms with van der Waals surface area (Å²) < 4.78 is 9.20. The van der Waals surface area contributed by atoms with Gasteiger partial charge in [-0.25, -0.2) is 0 Å². The summed E-state index contributed by atoms with van der Waals surface area (Å²) in [5, 5.41) is 12.2. The van der Waals surface area contributed by atoms with Gasteiger partial charge in [0.25, 0.3) is 0 Å². The zero-order valence-corrected chi connectivity index (χ0v) is 34.2. The Kier molecular flexibility index (Phi) is 7.91. The number of hydrogen-bond acceptors (Lipinski definition) is 2. The first-order valence-electron chi connectivity index (χ1n) is 21.6. The standard InChI is InChI=1S/C60H38N2O/c1-3-15-39(16-4-1)40-27-30-43(31-28-40)61(42-17-5-2-6-18-42)44-32-34-45(35-33-44)62-54-25-13-11-23-51(54)59-55(62)38-57-60(52-24-12-14-26-56(52)63-57)58(59)41-29-36-50-48-21-8-7-19-46(48)47-20-9-10-22-49(47)53(50)37-41/h1-38H. The van der Waals surface area contributed by atoms with Gasteiger partial charge in [0.15, 0.2) is 0 Å². The molecule has 0 N–H and O–H groups in total. The average Bonchev–Trinajstić information content (AvgIpc) is 3.90. The fourth-order valence-corrected chi connectivity index (χ4v) is 10.2. The number of anilines is 3. The van der Waals surface area contributed by atoms with E-state index < -0.39 is 0 Å². The second-order valence-corrected chi connectivity index (χ2v) is 16.4. The van der Waals surface area contributed by atoms with Crippen molar-refractivity contribution in [1.82, 2.24) is 4.57 Å². The third-order valence-electron chi connectivity index (χ3n) is 12.9. The predicted octanol–water partition coefficient (Wildman–Crippen LogP) is 16.9. The van der Waals surface area contributed by atoms with E-state index in [1.807, 2.05) is 0 Å². The first kappa shape index (κ1) is 35.4. The zero-order valence-electron chi connectivity index (χ0n) is 34.2. The molecule has 0 unspecified atom stereocenters. The van der Waals surface area contributed by atoms with Gasteiger partial charge in [-0.05, 0) is 116 Å². The Morgan fingerprint density at radius 1 is 0.302 bits per heavy atom. The number of hydrogen-bond donors (Lipinski definition) is 0. The van der Waals surface area contributed by atoms with Crippen LogP contribution in [0.3, 0.4) is 0 Å². The van der Waals surface area contributed by atoms with E-state index in [1.54, 1.807) is 0 Å². The molecule has 0 amide bonds. The van der Waals surface area contributed by atoms with E-state index in [4.69, 9.17) is 4.42 Å². The SMILES string of the molecule is c1ccc(-c2ccc(N(c3ccccc3)c3ccc(-n4c5ccccc5c5c(-c6ccc7c8ccccc8c8ccccc8c7c6)c6c(cc54)oc4ccccc46)cc3)cc2)cc1. The molecule has 0 bridgehead atoms. The first-order chi connectivity index (χ1) is 31.3. The van der Waals surface area contributed by atoms with Crippen LogP contribution in [-0.4, -0.2) is 4.57 Å². The van der Waals surface area contributed by atoms with E-state index >= 15 is 0 Å². The number of nitrogens with zero attached hydrogens (tertiary/aromatic N) is 2. The number of benzene rings is 11. The molecular weight excluding hydrogens is 765 g/mol. The number of aromatic nitrogens is 1. The van der Waals surface area contributed by atoms with Crippen LogP contribution in [0, 0.1) is 0 Å². The van der Waals surface area contributed by atoms with Crippen molar-refractivity contribution < 1.29 is 4.42 Å². The van der Waals surface area contributed by atoms with Gasteiger partial charge in [0.2, 0.25) is 0 Å². The number of furan rings is 1. The van der Waals surface area contributed by atoms with Crippen molar-refractivity contribution in [3.05, 3.63) is 231 Å². The van der Waals surface area contributed by atoms with Crippen LogP contribution in [0.25, 0.3) is 104 Å². The maximum atomic E-state index is 6.79. The fourth-order valence-electron chi connectivity index (χ4n) is 10.2. The van der Waals surface area contributed by atoms with E-state index in [-0.39, 0.29) is 0 Å². The van der Waals surface area contributed by atoms with Crippen molar-refractivity contribution in [2.24, 2.45) is 0 Å². The van der Waals surface area contributed by atoms with Crippen LogP contribution >= 0.6 is 0 Å². The van der Waals surface area contributed by atoms with Gasteiger partial charge < -0.3 is 13.9 Å². The molecule has 2 aromatic heterocycles. The Balaban J connectivity index is 1.03. The number of rotatable bonds is 6. The summed E-state index contributed by atoms with van der Waals surface area (Å²) in [6, 6.07) is 83.3. The molecule has 0 atom stereocenters. The molecule has 0 aliphatic rings. The highest BCUT2D eigenvalue weighted by Gasteiger charge is 2.24. The Morgan fingerprint density at radius 3 is 1.48 bits per heavy atom. The lowest BCUT2D eigenvalue weighted by atomic mass is 9.89. The molecule has 0 fully saturated rings. The third-order valence-corrected chi connectivity index (χ3v) is 12.9. The van der Waals surface area contributed by atoms with Crippen LogP contribution in [0.4, 0.5) is 17.1 Å². The van der Waals surface area contributed by atoms with E-state index in [9.17, 15) is 0 Å². The third kappa shape index (κ3) is 5.53. The lowest BCUT2D eigenvalue weighted by Gasteiger charge is -2.26. The summed E-state index contributed by atoms with van der Waals surface area (Å²) in [6.07, 6.45) is 0. The van der Waals surface area contributed by atoms with Gasteiger partial charge >= 0.3 is 0 Å². The summed E-state index contributed by atoms with van der Waals surface area (Å²) in [6.45, 7) is 0. The Bertz CT molecular complexity index is 3850. The molecule has 2 heterocycles. The fraction of sp³-hybridized carbons (Fsp3) is 0. The Labute approximate surface area is 363 Å². The minimum absolute atomic E-state index is 0.872. The first-order valence-corrected chi connectivity index (χ1v) is 21.6. The summed E-state index contributed by atoms with van der Waals surface area (Å²) >= 11 is 0. The molecular formula is C60H38N2O. The van der Waals surface area contributed by atoms with Gasteiger partial charge in [-0.3, -0.25) is 0 Å². The van der Waals surface area contributed by atoms with E-state index in [1.165, 1.54) is 65.3 Å². The minimum atomic E-state index is 0.872. The summed E-state index contributed by atoms with van der Waals surface area (Å²) in [5.41, 5.74) is 13.1. The second-order valence-electron chi connectivity index (χ2n) is 16.4. The predicted molar refractivity (Wildman–Crippen MR) is 266 cm³/mol. The van der Waals surface area contributed by atoms with Crippen LogP contribution in [0.5, 0.6) is 0 Å². The monoisotopic (exact) mass is 802 g/mol. The molecule has 63 heavy (non-hydrogen) atoms. The second kappa shape index (κ2) is 14.1. The van der Waals surface area contributed by atoms with Crippen LogP contribution in [0.15, 0.2) is 235 Å². The molecule has 0 aliphatic carbocycles. The molecule has 0 saturated carbocycles.